The van der Waals surface area contributed by atoms with E-state index in [9.17, 15) is 18.0 Å². The Morgan fingerprint density at radius 3 is 2.39 bits per heavy atom. The molecule has 9 heteroatoms. The Morgan fingerprint density at radius 1 is 1.03 bits per heavy atom. The predicted octanol–water partition coefficient (Wildman–Crippen LogP) is 3.44. The summed E-state index contributed by atoms with van der Waals surface area (Å²) < 4.78 is 28.4. The minimum atomic E-state index is -3.62. The fraction of sp³-hybridized carbons (Fsp3) is 0.273. The van der Waals surface area contributed by atoms with Crippen molar-refractivity contribution in [2.24, 2.45) is 0 Å². The number of benzene rings is 2. The highest BCUT2D eigenvalue weighted by atomic mass is 32.2. The molecule has 1 aliphatic rings. The molecule has 31 heavy (non-hydrogen) atoms. The first-order valence-corrected chi connectivity index (χ1v) is 12.3. The number of hydrogen-bond donors (Lipinski definition) is 2. The van der Waals surface area contributed by atoms with Gasteiger partial charge in [0.1, 0.15) is 0 Å². The number of piperidine rings is 1. The Hall–Kier alpha value is -2.75. The van der Waals surface area contributed by atoms with Gasteiger partial charge in [0.25, 0.3) is 5.91 Å². The predicted molar refractivity (Wildman–Crippen MR) is 122 cm³/mol. The summed E-state index contributed by atoms with van der Waals surface area (Å²) in [6, 6.07) is 13.9. The molecule has 3 aromatic rings. The van der Waals surface area contributed by atoms with Crippen LogP contribution in [0.25, 0.3) is 10.1 Å². The van der Waals surface area contributed by atoms with E-state index in [0.29, 0.717) is 37.2 Å². The second kappa shape index (κ2) is 8.78. The van der Waals surface area contributed by atoms with Crippen molar-refractivity contribution in [3.8, 4) is 0 Å². The van der Waals surface area contributed by atoms with E-state index in [1.54, 1.807) is 12.1 Å². The molecule has 1 saturated heterocycles. The monoisotopic (exact) mass is 457 g/mol. The summed E-state index contributed by atoms with van der Waals surface area (Å²) in [5.74, 6) is -0.331. The fourth-order valence-corrected chi connectivity index (χ4v) is 6.13. The maximum absolute atomic E-state index is 12.9. The largest absolute Gasteiger partial charge is 0.349 e. The van der Waals surface area contributed by atoms with Gasteiger partial charge in [-0.15, -0.1) is 11.3 Å². The van der Waals surface area contributed by atoms with E-state index in [1.165, 1.54) is 34.7 Å². The van der Waals surface area contributed by atoms with Crippen molar-refractivity contribution in [1.29, 1.82) is 0 Å². The molecule has 7 nitrogen and oxygen atoms in total. The minimum Gasteiger partial charge on any atom is -0.349 e. The van der Waals surface area contributed by atoms with Crippen LogP contribution in [0.4, 0.5) is 5.69 Å². The highest BCUT2D eigenvalue weighted by Crippen LogP contribution is 2.26. The molecule has 162 valence electrons. The molecule has 4 rings (SSSR count). The number of carbonyl (C=O) groups is 2. The minimum absolute atomic E-state index is 0.0697. The van der Waals surface area contributed by atoms with E-state index in [2.05, 4.69) is 10.6 Å². The van der Waals surface area contributed by atoms with Gasteiger partial charge in [0.2, 0.25) is 15.9 Å². The third kappa shape index (κ3) is 4.63. The van der Waals surface area contributed by atoms with Gasteiger partial charge in [0.15, 0.2) is 0 Å². The molecule has 1 aromatic heterocycles. The van der Waals surface area contributed by atoms with Crippen molar-refractivity contribution < 1.29 is 18.0 Å². The van der Waals surface area contributed by atoms with Crippen molar-refractivity contribution in [1.82, 2.24) is 9.62 Å². The van der Waals surface area contributed by atoms with Crippen molar-refractivity contribution in [2.75, 3.05) is 18.4 Å². The number of sulfonamides is 1. The standard InChI is InChI=1S/C22H23N3O4S2/c1-15(26)23-16-6-8-18(9-7-16)31(28,29)25-12-10-17(11-13-25)24-22(27)20-14-30-21-5-3-2-4-19(20)21/h2-9,14,17H,10-13H2,1H3,(H,23,26)(H,24,27). The van der Waals surface area contributed by atoms with E-state index in [0.717, 1.165) is 10.1 Å². The number of thiophene rings is 1. The van der Waals surface area contributed by atoms with Gasteiger partial charge in [-0.3, -0.25) is 9.59 Å². The van der Waals surface area contributed by atoms with Crippen molar-refractivity contribution in [2.45, 2.75) is 30.7 Å². The van der Waals surface area contributed by atoms with Gasteiger partial charge in [0, 0.05) is 47.2 Å². The quantitative estimate of drug-likeness (QED) is 0.614. The Labute approximate surface area is 185 Å². The van der Waals surface area contributed by atoms with Gasteiger partial charge in [-0.25, -0.2) is 8.42 Å². The van der Waals surface area contributed by atoms with Crippen LogP contribution >= 0.6 is 11.3 Å². The number of hydrogen-bond acceptors (Lipinski definition) is 5. The third-order valence-electron chi connectivity index (χ3n) is 5.33. The Bertz CT molecular complexity index is 1210. The fourth-order valence-electron chi connectivity index (χ4n) is 3.72. The molecule has 2 N–H and O–H groups in total. The van der Waals surface area contributed by atoms with Gasteiger partial charge in [-0.1, -0.05) is 18.2 Å². The van der Waals surface area contributed by atoms with Gasteiger partial charge in [0.05, 0.1) is 10.5 Å². The first-order valence-electron chi connectivity index (χ1n) is 9.99. The number of rotatable bonds is 5. The molecule has 0 saturated carbocycles. The number of anilines is 1. The van der Waals surface area contributed by atoms with E-state index < -0.39 is 10.0 Å². The van der Waals surface area contributed by atoms with Crippen LogP contribution in [0.1, 0.15) is 30.1 Å². The Morgan fingerprint density at radius 2 is 1.71 bits per heavy atom. The molecule has 0 atom stereocenters. The van der Waals surface area contributed by atoms with E-state index in [4.69, 9.17) is 0 Å². The molecular formula is C22H23N3O4S2. The van der Waals surface area contributed by atoms with Crippen LogP contribution in [0, 0.1) is 0 Å². The second-order valence-electron chi connectivity index (χ2n) is 7.50. The maximum atomic E-state index is 12.9. The number of amides is 2. The lowest BCUT2D eigenvalue weighted by atomic mass is 10.1. The lowest BCUT2D eigenvalue weighted by Gasteiger charge is -2.31. The molecule has 2 aromatic carbocycles. The number of carbonyl (C=O) groups excluding carboxylic acids is 2. The van der Waals surface area contributed by atoms with Crippen LogP contribution in [0.3, 0.4) is 0 Å². The molecule has 2 amide bonds. The molecule has 0 aliphatic carbocycles. The third-order valence-corrected chi connectivity index (χ3v) is 8.20. The summed E-state index contributed by atoms with van der Waals surface area (Å²) in [6.07, 6.45) is 1.11. The summed E-state index contributed by atoms with van der Waals surface area (Å²) in [6.45, 7) is 2.07. The summed E-state index contributed by atoms with van der Waals surface area (Å²) in [4.78, 5) is 24.0. The van der Waals surface area contributed by atoms with Crippen LogP contribution < -0.4 is 10.6 Å². The van der Waals surface area contributed by atoms with Crippen molar-refractivity contribution >= 4 is 48.9 Å². The molecule has 1 fully saturated rings. The van der Waals surface area contributed by atoms with Crippen LogP contribution in [0.5, 0.6) is 0 Å². The van der Waals surface area contributed by atoms with E-state index in [-0.39, 0.29) is 22.8 Å². The lowest BCUT2D eigenvalue weighted by molar-refractivity contribution is -0.114. The van der Waals surface area contributed by atoms with Crippen LogP contribution in [0.2, 0.25) is 0 Å². The smallest absolute Gasteiger partial charge is 0.252 e. The summed E-state index contributed by atoms with van der Waals surface area (Å²) >= 11 is 1.54. The zero-order chi connectivity index (χ0) is 22.0. The second-order valence-corrected chi connectivity index (χ2v) is 10.4. The molecule has 1 aliphatic heterocycles. The zero-order valence-corrected chi connectivity index (χ0v) is 18.6. The summed E-state index contributed by atoms with van der Waals surface area (Å²) in [5.41, 5.74) is 1.21. The van der Waals surface area contributed by atoms with Crippen LogP contribution in [-0.4, -0.2) is 43.7 Å². The first-order chi connectivity index (χ1) is 14.8. The first kappa shape index (κ1) is 21.5. The number of nitrogens with zero attached hydrogens (tertiary/aromatic N) is 1. The Balaban J connectivity index is 1.37. The molecular weight excluding hydrogens is 434 g/mol. The average Bonchev–Trinajstić information content (AvgIpc) is 3.18. The molecule has 0 unspecified atom stereocenters. The van der Waals surface area contributed by atoms with Crippen LogP contribution in [-0.2, 0) is 14.8 Å². The molecule has 0 radical (unpaired) electrons. The topological polar surface area (TPSA) is 95.6 Å². The van der Waals surface area contributed by atoms with Crippen molar-refractivity contribution in [3.63, 3.8) is 0 Å². The molecule has 0 spiro atoms. The zero-order valence-electron chi connectivity index (χ0n) is 17.0. The molecule has 0 bridgehead atoms. The summed E-state index contributed by atoms with van der Waals surface area (Å²) in [7, 11) is -3.62. The van der Waals surface area contributed by atoms with Gasteiger partial charge >= 0.3 is 0 Å². The van der Waals surface area contributed by atoms with Crippen LogP contribution in [0.15, 0.2) is 58.8 Å². The number of nitrogens with one attached hydrogen (secondary N) is 2. The lowest BCUT2D eigenvalue weighted by Crippen LogP contribution is -2.46. The van der Waals surface area contributed by atoms with Gasteiger partial charge in [-0.2, -0.15) is 4.31 Å². The highest BCUT2D eigenvalue weighted by molar-refractivity contribution is 7.89. The SMILES string of the molecule is CC(=O)Nc1ccc(S(=O)(=O)N2CCC(NC(=O)c3csc4ccccc34)CC2)cc1. The van der Waals surface area contributed by atoms with E-state index in [1.807, 2.05) is 29.6 Å². The average molecular weight is 458 g/mol. The normalized spacial score (nSPS) is 15.6. The summed E-state index contributed by atoms with van der Waals surface area (Å²) in [5, 5.41) is 8.48. The highest BCUT2D eigenvalue weighted by Gasteiger charge is 2.30. The van der Waals surface area contributed by atoms with Crippen molar-refractivity contribution in [3.05, 3.63) is 59.5 Å². The van der Waals surface area contributed by atoms with Gasteiger partial charge < -0.3 is 10.6 Å². The maximum Gasteiger partial charge on any atom is 0.252 e. The van der Waals surface area contributed by atoms with E-state index >= 15 is 0 Å². The van der Waals surface area contributed by atoms with Gasteiger partial charge in [-0.05, 0) is 43.2 Å². The Kier molecular flexibility index (Phi) is 6.08. The number of fused-ring (bicyclic) bond motifs is 1. The molecule has 2 heterocycles.